The molecule has 1 amide bonds. The summed E-state index contributed by atoms with van der Waals surface area (Å²) in [5.74, 6) is -0.537. The Kier molecular flexibility index (Phi) is 7.67. The number of hydrogen-bond acceptors (Lipinski definition) is 4. The fourth-order valence-corrected chi connectivity index (χ4v) is 3.19. The Bertz CT molecular complexity index is 765. The van der Waals surface area contributed by atoms with E-state index >= 15 is 0 Å². The SMILES string of the molecule is CC(CSc1ccc(F)cc1)C(=O)NC(C)c1ccc(OCC(=O)O)cc1. The van der Waals surface area contributed by atoms with E-state index in [9.17, 15) is 14.0 Å². The number of benzene rings is 2. The van der Waals surface area contributed by atoms with E-state index in [-0.39, 0.29) is 23.7 Å². The number of amides is 1. The van der Waals surface area contributed by atoms with E-state index in [2.05, 4.69) is 5.32 Å². The topological polar surface area (TPSA) is 75.6 Å². The number of carboxylic acids is 1. The molecule has 5 nitrogen and oxygen atoms in total. The molecule has 2 aromatic carbocycles. The summed E-state index contributed by atoms with van der Waals surface area (Å²) >= 11 is 1.51. The predicted molar refractivity (Wildman–Crippen MR) is 102 cm³/mol. The van der Waals surface area contributed by atoms with Gasteiger partial charge in [-0.05, 0) is 48.9 Å². The first kappa shape index (κ1) is 20.8. The van der Waals surface area contributed by atoms with Gasteiger partial charge in [-0.3, -0.25) is 4.79 Å². The Labute approximate surface area is 161 Å². The van der Waals surface area contributed by atoms with Gasteiger partial charge in [-0.25, -0.2) is 9.18 Å². The van der Waals surface area contributed by atoms with Gasteiger partial charge in [0.1, 0.15) is 11.6 Å². The van der Waals surface area contributed by atoms with Crippen LogP contribution in [0.1, 0.15) is 25.5 Å². The van der Waals surface area contributed by atoms with Crippen LogP contribution in [0.4, 0.5) is 4.39 Å². The summed E-state index contributed by atoms with van der Waals surface area (Å²) in [6, 6.07) is 12.9. The van der Waals surface area contributed by atoms with E-state index in [4.69, 9.17) is 9.84 Å². The highest BCUT2D eigenvalue weighted by Crippen LogP contribution is 2.22. The molecule has 0 fully saturated rings. The number of nitrogens with one attached hydrogen (secondary N) is 1. The molecule has 0 bridgehead atoms. The number of thioether (sulfide) groups is 1. The highest BCUT2D eigenvalue weighted by molar-refractivity contribution is 7.99. The fraction of sp³-hybridized carbons (Fsp3) is 0.300. The van der Waals surface area contributed by atoms with Gasteiger partial charge in [-0.2, -0.15) is 0 Å². The van der Waals surface area contributed by atoms with Crippen molar-refractivity contribution in [2.24, 2.45) is 5.92 Å². The lowest BCUT2D eigenvalue weighted by molar-refractivity contribution is -0.139. The summed E-state index contributed by atoms with van der Waals surface area (Å²) in [7, 11) is 0. The van der Waals surface area contributed by atoms with Crippen LogP contribution in [0.2, 0.25) is 0 Å². The molecule has 0 aliphatic heterocycles. The molecule has 2 aromatic rings. The number of halogens is 1. The maximum atomic E-state index is 12.9. The van der Waals surface area contributed by atoms with Gasteiger partial charge in [0, 0.05) is 16.6 Å². The summed E-state index contributed by atoms with van der Waals surface area (Å²) in [6.07, 6.45) is 0. The Morgan fingerprint density at radius 3 is 2.33 bits per heavy atom. The van der Waals surface area contributed by atoms with Gasteiger partial charge >= 0.3 is 5.97 Å². The van der Waals surface area contributed by atoms with Crippen molar-refractivity contribution in [2.75, 3.05) is 12.4 Å². The second-order valence-electron chi connectivity index (χ2n) is 6.15. The maximum absolute atomic E-state index is 12.9. The molecular weight excluding hydrogens is 369 g/mol. The number of aliphatic carboxylic acids is 1. The second kappa shape index (κ2) is 9.97. The van der Waals surface area contributed by atoms with Crippen molar-refractivity contribution in [1.82, 2.24) is 5.32 Å². The van der Waals surface area contributed by atoms with Crippen LogP contribution in [-0.2, 0) is 9.59 Å². The quantitative estimate of drug-likeness (QED) is 0.634. The maximum Gasteiger partial charge on any atom is 0.341 e. The minimum Gasteiger partial charge on any atom is -0.482 e. The van der Waals surface area contributed by atoms with Crippen molar-refractivity contribution < 1.29 is 23.8 Å². The van der Waals surface area contributed by atoms with Crippen LogP contribution >= 0.6 is 11.8 Å². The molecule has 2 rings (SSSR count). The van der Waals surface area contributed by atoms with Crippen LogP contribution in [-0.4, -0.2) is 29.3 Å². The molecule has 2 atom stereocenters. The molecule has 0 heterocycles. The van der Waals surface area contributed by atoms with Gasteiger partial charge in [0.2, 0.25) is 5.91 Å². The summed E-state index contributed by atoms with van der Waals surface area (Å²) in [6.45, 7) is 3.33. The van der Waals surface area contributed by atoms with Gasteiger partial charge in [0.15, 0.2) is 6.61 Å². The van der Waals surface area contributed by atoms with Gasteiger partial charge in [0.05, 0.1) is 6.04 Å². The third kappa shape index (κ3) is 6.94. The molecule has 0 aliphatic carbocycles. The van der Waals surface area contributed by atoms with Crippen LogP contribution in [0, 0.1) is 11.7 Å². The normalized spacial score (nSPS) is 12.9. The van der Waals surface area contributed by atoms with Crippen molar-refractivity contribution in [3.05, 3.63) is 59.9 Å². The van der Waals surface area contributed by atoms with Gasteiger partial charge < -0.3 is 15.2 Å². The van der Waals surface area contributed by atoms with E-state index in [0.29, 0.717) is 11.5 Å². The third-order valence-electron chi connectivity index (χ3n) is 3.86. The van der Waals surface area contributed by atoms with Crippen LogP contribution < -0.4 is 10.1 Å². The zero-order valence-electron chi connectivity index (χ0n) is 15.1. The minimum absolute atomic E-state index is 0.0664. The molecule has 7 heteroatoms. The largest absolute Gasteiger partial charge is 0.482 e. The number of ether oxygens (including phenoxy) is 1. The number of carbonyl (C=O) groups is 2. The molecule has 27 heavy (non-hydrogen) atoms. The molecule has 2 unspecified atom stereocenters. The van der Waals surface area contributed by atoms with Crippen LogP contribution in [0.25, 0.3) is 0 Å². The molecule has 0 saturated heterocycles. The highest BCUT2D eigenvalue weighted by atomic mass is 32.2. The molecule has 0 spiro atoms. The van der Waals surface area contributed by atoms with Crippen LogP contribution in [0.3, 0.4) is 0 Å². The van der Waals surface area contributed by atoms with E-state index in [1.807, 2.05) is 13.8 Å². The molecule has 0 saturated carbocycles. The standard InChI is InChI=1S/C20H22FNO4S/c1-13(12-27-18-9-5-16(21)6-10-18)20(25)22-14(2)15-3-7-17(8-4-15)26-11-19(23)24/h3-10,13-14H,11-12H2,1-2H3,(H,22,25)(H,23,24). The van der Waals surface area contributed by atoms with Crippen molar-refractivity contribution in [3.8, 4) is 5.75 Å². The van der Waals surface area contributed by atoms with Crippen molar-refractivity contribution in [2.45, 2.75) is 24.8 Å². The van der Waals surface area contributed by atoms with E-state index < -0.39 is 12.6 Å². The van der Waals surface area contributed by atoms with E-state index in [1.165, 1.54) is 23.9 Å². The van der Waals surface area contributed by atoms with E-state index in [1.54, 1.807) is 36.4 Å². The summed E-state index contributed by atoms with van der Waals surface area (Å²) in [4.78, 5) is 23.8. The van der Waals surface area contributed by atoms with Crippen molar-refractivity contribution in [3.63, 3.8) is 0 Å². The predicted octanol–water partition coefficient (Wildman–Crippen LogP) is 3.89. The zero-order valence-corrected chi connectivity index (χ0v) is 16.0. The molecule has 144 valence electrons. The van der Waals surface area contributed by atoms with Gasteiger partial charge in [-0.1, -0.05) is 19.1 Å². The minimum atomic E-state index is -1.03. The van der Waals surface area contributed by atoms with Crippen LogP contribution in [0.15, 0.2) is 53.4 Å². The second-order valence-corrected chi connectivity index (χ2v) is 7.24. The number of carboxylic acid groups (broad SMARTS) is 1. The zero-order chi connectivity index (χ0) is 19.8. The van der Waals surface area contributed by atoms with Crippen molar-refractivity contribution >= 4 is 23.6 Å². The molecule has 0 aromatic heterocycles. The first-order valence-electron chi connectivity index (χ1n) is 8.48. The first-order chi connectivity index (χ1) is 12.8. The Morgan fingerprint density at radius 1 is 1.11 bits per heavy atom. The lowest BCUT2D eigenvalue weighted by Crippen LogP contribution is -2.32. The molecule has 0 radical (unpaired) electrons. The highest BCUT2D eigenvalue weighted by Gasteiger charge is 2.16. The lowest BCUT2D eigenvalue weighted by Gasteiger charge is -2.18. The molecular formula is C20H22FNO4S. The monoisotopic (exact) mass is 391 g/mol. The average Bonchev–Trinajstić information content (AvgIpc) is 2.65. The van der Waals surface area contributed by atoms with Crippen LogP contribution in [0.5, 0.6) is 5.75 Å². The Morgan fingerprint density at radius 2 is 1.74 bits per heavy atom. The summed E-state index contributed by atoms with van der Waals surface area (Å²) in [5.41, 5.74) is 0.893. The Balaban J connectivity index is 1.82. The van der Waals surface area contributed by atoms with Gasteiger partial charge in [-0.15, -0.1) is 11.8 Å². The lowest BCUT2D eigenvalue weighted by atomic mass is 10.1. The average molecular weight is 391 g/mol. The van der Waals surface area contributed by atoms with Gasteiger partial charge in [0.25, 0.3) is 0 Å². The first-order valence-corrected chi connectivity index (χ1v) is 9.47. The molecule has 2 N–H and O–H groups in total. The van der Waals surface area contributed by atoms with Crippen molar-refractivity contribution in [1.29, 1.82) is 0 Å². The molecule has 0 aliphatic rings. The fourth-order valence-electron chi connectivity index (χ4n) is 2.26. The number of hydrogen-bond donors (Lipinski definition) is 2. The number of rotatable bonds is 9. The van der Waals surface area contributed by atoms with E-state index in [0.717, 1.165) is 10.5 Å². The smallest absolute Gasteiger partial charge is 0.341 e. The third-order valence-corrected chi connectivity index (χ3v) is 5.13. The Hall–Kier alpha value is -2.54. The number of carbonyl (C=O) groups excluding carboxylic acids is 1. The summed E-state index contributed by atoms with van der Waals surface area (Å²) < 4.78 is 18.0. The summed E-state index contributed by atoms with van der Waals surface area (Å²) in [5, 5.41) is 11.6.